The van der Waals surface area contributed by atoms with E-state index in [4.69, 9.17) is 4.52 Å². The first-order chi connectivity index (χ1) is 11.3. The number of hydrogen-bond donors (Lipinski definition) is 2. The van der Waals surface area contributed by atoms with E-state index in [1.54, 1.807) is 33.8 Å². The summed E-state index contributed by atoms with van der Waals surface area (Å²) in [6, 6.07) is 3.19. The molecule has 24 heavy (non-hydrogen) atoms. The second kappa shape index (κ2) is 5.76. The van der Waals surface area contributed by atoms with E-state index in [1.165, 1.54) is 10.7 Å². The lowest BCUT2D eigenvalue weighted by Crippen LogP contribution is -2.21. The number of amides is 1. The van der Waals surface area contributed by atoms with Crippen molar-refractivity contribution in [2.24, 2.45) is 0 Å². The van der Waals surface area contributed by atoms with Crippen LogP contribution in [0.4, 0.5) is 5.82 Å². The van der Waals surface area contributed by atoms with E-state index in [9.17, 15) is 9.59 Å². The zero-order chi connectivity index (χ0) is 17.4. The van der Waals surface area contributed by atoms with Crippen molar-refractivity contribution < 1.29 is 9.32 Å². The monoisotopic (exact) mass is 328 g/mol. The van der Waals surface area contributed by atoms with Crippen LogP contribution in [-0.4, -0.2) is 30.8 Å². The molecule has 2 N–H and O–H groups in total. The van der Waals surface area contributed by atoms with Gasteiger partial charge in [-0.05, 0) is 27.7 Å². The smallest absolute Gasteiger partial charge is 0.279 e. The normalized spacial score (nSPS) is 10.8. The van der Waals surface area contributed by atoms with Gasteiger partial charge in [-0.25, -0.2) is 4.98 Å². The molecule has 0 unspecified atom stereocenters. The van der Waals surface area contributed by atoms with Gasteiger partial charge in [0, 0.05) is 23.4 Å². The van der Waals surface area contributed by atoms with Crippen molar-refractivity contribution in [2.75, 3.05) is 5.32 Å². The second-order valence-electron chi connectivity index (χ2n) is 5.46. The van der Waals surface area contributed by atoms with Gasteiger partial charge in [0.25, 0.3) is 11.5 Å². The molecule has 3 rings (SSSR count). The van der Waals surface area contributed by atoms with Crippen molar-refractivity contribution >= 4 is 11.7 Å². The molecule has 0 bridgehead atoms. The number of carbonyl (C=O) groups excluding carboxylic acids is 1. The molecule has 0 aliphatic rings. The Bertz CT molecular complexity index is 982. The molecule has 0 spiro atoms. The molecule has 3 aromatic heterocycles. The first kappa shape index (κ1) is 15.7. The van der Waals surface area contributed by atoms with Crippen LogP contribution in [0.3, 0.4) is 0 Å². The van der Waals surface area contributed by atoms with Gasteiger partial charge in [-0.1, -0.05) is 5.16 Å². The number of hydrogen-bond acceptors (Lipinski definition) is 6. The average Bonchev–Trinajstić information content (AvgIpc) is 3.10. The van der Waals surface area contributed by atoms with Gasteiger partial charge in [-0.3, -0.25) is 14.6 Å². The first-order valence-corrected chi connectivity index (χ1v) is 7.24. The summed E-state index contributed by atoms with van der Waals surface area (Å²) < 4.78 is 6.26. The van der Waals surface area contributed by atoms with Crippen molar-refractivity contribution in [2.45, 2.75) is 27.7 Å². The molecule has 0 saturated heterocycles. The molecule has 0 fully saturated rings. The third kappa shape index (κ3) is 2.83. The molecule has 3 aromatic rings. The molecule has 9 nitrogen and oxygen atoms in total. The fourth-order valence-corrected chi connectivity index (χ4v) is 2.13. The Labute approximate surface area is 136 Å². The number of H-pyrrole nitrogens is 1. The Kier molecular flexibility index (Phi) is 3.76. The summed E-state index contributed by atoms with van der Waals surface area (Å²) >= 11 is 0. The summed E-state index contributed by atoms with van der Waals surface area (Å²) in [5.74, 6) is 0.677. The molecule has 0 radical (unpaired) electrons. The van der Waals surface area contributed by atoms with Crippen LogP contribution in [0.2, 0.25) is 0 Å². The van der Waals surface area contributed by atoms with Crippen molar-refractivity contribution in [3.63, 3.8) is 0 Å². The van der Waals surface area contributed by atoms with Crippen molar-refractivity contribution in [1.29, 1.82) is 0 Å². The predicted molar refractivity (Wildman–Crippen MR) is 85.4 cm³/mol. The maximum absolute atomic E-state index is 12.2. The average molecular weight is 328 g/mol. The van der Waals surface area contributed by atoms with E-state index in [0.717, 1.165) is 0 Å². The highest BCUT2D eigenvalue weighted by Gasteiger charge is 2.17. The number of rotatable bonds is 3. The number of anilines is 1. The van der Waals surface area contributed by atoms with Crippen LogP contribution in [-0.2, 0) is 0 Å². The molecule has 9 heteroatoms. The quantitative estimate of drug-likeness (QED) is 0.750. The summed E-state index contributed by atoms with van der Waals surface area (Å²) in [7, 11) is 0. The summed E-state index contributed by atoms with van der Waals surface area (Å²) in [6.45, 7) is 6.89. The minimum atomic E-state index is -0.445. The van der Waals surface area contributed by atoms with Gasteiger partial charge >= 0.3 is 0 Å². The summed E-state index contributed by atoms with van der Waals surface area (Å²) in [5, 5.41) is 10.6. The predicted octanol–water partition coefficient (Wildman–Crippen LogP) is 1.43. The van der Waals surface area contributed by atoms with Crippen molar-refractivity contribution in [3.8, 4) is 5.95 Å². The number of aromatic nitrogens is 5. The summed E-state index contributed by atoms with van der Waals surface area (Å²) in [4.78, 5) is 31.2. The maximum Gasteiger partial charge on any atom is 0.279 e. The van der Waals surface area contributed by atoms with Crippen LogP contribution < -0.4 is 10.9 Å². The van der Waals surface area contributed by atoms with Gasteiger partial charge in [0.2, 0.25) is 5.95 Å². The number of aryl methyl sites for hydroxylation is 3. The lowest BCUT2D eigenvalue weighted by Gasteiger charge is -2.08. The molecule has 0 saturated carbocycles. The van der Waals surface area contributed by atoms with Gasteiger partial charge in [0.15, 0.2) is 5.69 Å². The van der Waals surface area contributed by atoms with Crippen molar-refractivity contribution in [3.05, 3.63) is 50.9 Å². The molecule has 124 valence electrons. The molecular weight excluding hydrogens is 312 g/mol. The minimum Gasteiger partial charge on any atom is -0.361 e. The second-order valence-corrected chi connectivity index (χ2v) is 5.46. The number of nitrogens with zero attached hydrogens (tertiary/aromatic N) is 4. The third-order valence-corrected chi connectivity index (χ3v) is 3.52. The highest BCUT2D eigenvalue weighted by atomic mass is 16.5. The zero-order valence-corrected chi connectivity index (χ0v) is 13.7. The highest BCUT2D eigenvalue weighted by Crippen LogP contribution is 2.15. The van der Waals surface area contributed by atoms with Crippen LogP contribution in [0.1, 0.15) is 33.2 Å². The van der Waals surface area contributed by atoms with Gasteiger partial charge in [0.05, 0.1) is 5.69 Å². The van der Waals surface area contributed by atoms with E-state index < -0.39 is 5.91 Å². The fraction of sp³-hybridized carbons (Fsp3) is 0.267. The Morgan fingerprint density at radius 2 is 2.00 bits per heavy atom. The van der Waals surface area contributed by atoms with Gasteiger partial charge in [-0.15, -0.1) is 0 Å². The van der Waals surface area contributed by atoms with Crippen LogP contribution in [0.5, 0.6) is 0 Å². The van der Waals surface area contributed by atoms with Crippen molar-refractivity contribution in [1.82, 2.24) is 24.9 Å². The van der Waals surface area contributed by atoms with E-state index in [0.29, 0.717) is 28.5 Å². The lowest BCUT2D eigenvalue weighted by molar-refractivity contribution is 0.101. The van der Waals surface area contributed by atoms with Crippen LogP contribution >= 0.6 is 0 Å². The van der Waals surface area contributed by atoms with Crippen LogP contribution in [0.25, 0.3) is 5.95 Å². The fourth-order valence-electron chi connectivity index (χ4n) is 2.13. The molecule has 0 aliphatic carbocycles. The van der Waals surface area contributed by atoms with Crippen LogP contribution in [0.15, 0.2) is 21.5 Å². The number of carbonyl (C=O) groups is 1. The van der Waals surface area contributed by atoms with Crippen LogP contribution in [0, 0.1) is 27.7 Å². The largest absolute Gasteiger partial charge is 0.361 e. The lowest BCUT2D eigenvalue weighted by atomic mass is 10.3. The minimum absolute atomic E-state index is 0.152. The van der Waals surface area contributed by atoms with E-state index >= 15 is 0 Å². The Morgan fingerprint density at radius 1 is 1.25 bits per heavy atom. The Morgan fingerprint density at radius 3 is 2.62 bits per heavy atom. The SMILES string of the molecule is Cc1cc(NC(=O)c2cc(C)on2)n(-c2nc(C)c(C)c(=O)[nH]2)n1. The highest BCUT2D eigenvalue weighted by molar-refractivity contribution is 6.02. The summed E-state index contributed by atoms with van der Waals surface area (Å²) in [6.07, 6.45) is 0. The molecule has 3 heterocycles. The standard InChI is InChI=1S/C15H16N6O3/c1-7-5-12(17-14(23)11-6-8(2)24-20-11)21(19-7)15-16-10(4)9(3)13(22)18-15/h5-6H,1-4H3,(H,17,23)(H,16,18,22). The maximum atomic E-state index is 12.2. The van der Waals surface area contributed by atoms with E-state index in [2.05, 4.69) is 25.5 Å². The first-order valence-electron chi connectivity index (χ1n) is 7.24. The molecule has 1 amide bonds. The zero-order valence-electron chi connectivity index (χ0n) is 13.7. The van der Waals surface area contributed by atoms with Gasteiger partial charge < -0.3 is 9.84 Å². The molecule has 0 aromatic carbocycles. The molecule has 0 atom stereocenters. The van der Waals surface area contributed by atoms with Gasteiger partial charge in [0.1, 0.15) is 11.6 Å². The van der Waals surface area contributed by atoms with E-state index in [-0.39, 0.29) is 17.2 Å². The number of nitrogens with one attached hydrogen (secondary N) is 2. The van der Waals surface area contributed by atoms with Gasteiger partial charge in [-0.2, -0.15) is 9.78 Å². The topological polar surface area (TPSA) is 119 Å². The molecular formula is C15H16N6O3. The summed E-state index contributed by atoms with van der Waals surface area (Å²) in [5.41, 5.74) is 1.68. The Hall–Kier alpha value is -3.23. The third-order valence-electron chi connectivity index (χ3n) is 3.52. The van der Waals surface area contributed by atoms with E-state index in [1.807, 2.05) is 0 Å². The Balaban J connectivity index is 1.99. The number of aromatic amines is 1. The molecule has 0 aliphatic heterocycles.